The summed E-state index contributed by atoms with van der Waals surface area (Å²) in [6.45, 7) is 0.266. The maximum atomic E-state index is 13.4. The maximum absolute atomic E-state index is 13.4. The molecule has 2 N–H and O–H groups in total. The summed E-state index contributed by atoms with van der Waals surface area (Å²) in [5.74, 6) is -0.132. The van der Waals surface area contributed by atoms with Gasteiger partial charge in [-0.3, -0.25) is 4.79 Å². The summed E-state index contributed by atoms with van der Waals surface area (Å²) in [6, 6.07) is 9.78. The van der Waals surface area contributed by atoms with Crippen LogP contribution in [-0.4, -0.2) is 31.6 Å². The second-order valence-corrected chi connectivity index (χ2v) is 6.26. The first-order valence-corrected chi connectivity index (χ1v) is 8.31. The van der Waals surface area contributed by atoms with Crippen LogP contribution in [0, 0.1) is 5.82 Å². The third-order valence-corrected chi connectivity index (χ3v) is 4.22. The molecular weight excluding hydrogens is 361 g/mol. The van der Waals surface area contributed by atoms with Gasteiger partial charge in [-0.25, -0.2) is 9.18 Å². The summed E-state index contributed by atoms with van der Waals surface area (Å²) in [5, 5.41) is 5.85. The average Bonchev–Trinajstić information content (AvgIpc) is 2.95. The predicted octanol–water partition coefficient (Wildman–Crippen LogP) is 3.41. The molecule has 26 heavy (non-hydrogen) atoms. The number of ether oxygens (including phenoxy) is 1. The number of benzene rings is 2. The number of methoxy groups -OCH3 is 1. The van der Waals surface area contributed by atoms with Crippen LogP contribution in [0.3, 0.4) is 0 Å². The fourth-order valence-electron chi connectivity index (χ4n) is 2.82. The molecule has 1 heterocycles. The van der Waals surface area contributed by atoms with Gasteiger partial charge in [-0.1, -0.05) is 17.7 Å². The molecule has 3 amide bonds. The first-order chi connectivity index (χ1) is 12.5. The fourth-order valence-corrected chi connectivity index (χ4v) is 2.99. The van der Waals surface area contributed by atoms with Crippen molar-refractivity contribution in [2.75, 3.05) is 23.9 Å². The van der Waals surface area contributed by atoms with E-state index in [1.807, 2.05) is 0 Å². The number of hydrogen-bond donors (Lipinski definition) is 2. The van der Waals surface area contributed by atoms with Crippen molar-refractivity contribution in [3.63, 3.8) is 0 Å². The molecule has 0 spiro atoms. The molecule has 8 heteroatoms. The Morgan fingerprint density at radius 1 is 1.31 bits per heavy atom. The van der Waals surface area contributed by atoms with E-state index in [0.717, 1.165) is 0 Å². The quantitative estimate of drug-likeness (QED) is 0.857. The van der Waals surface area contributed by atoms with Gasteiger partial charge in [-0.05, 0) is 36.4 Å². The Labute approximate surface area is 154 Å². The molecule has 2 aromatic carbocycles. The number of anilines is 2. The maximum Gasteiger partial charge on any atom is 0.319 e. The molecule has 1 atom stereocenters. The topological polar surface area (TPSA) is 70.7 Å². The molecule has 0 unspecified atom stereocenters. The first-order valence-electron chi connectivity index (χ1n) is 7.93. The zero-order valence-electron chi connectivity index (χ0n) is 14.0. The zero-order chi connectivity index (χ0) is 18.7. The van der Waals surface area contributed by atoms with E-state index in [-0.39, 0.29) is 18.9 Å². The summed E-state index contributed by atoms with van der Waals surface area (Å²) in [6.07, 6.45) is 0.136. The molecule has 6 nitrogen and oxygen atoms in total. The Hall–Kier alpha value is -2.80. The van der Waals surface area contributed by atoms with Crippen molar-refractivity contribution in [2.24, 2.45) is 0 Å². The van der Waals surface area contributed by atoms with Crippen molar-refractivity contribution in [1.29, 1.82) is 0 Å². The zero-order valence-corrected chi connectivity index (χ0v) is 14.7. The van der Waals surface area contributed by atoms with E-state index >= 15 is 0 Å². The summed E-state index contributed by atoms with van der Waals surface area (Å²) < 4.78 is 18.5. The van der Waals surface area contributed by atoms with E-state index in [1.54, 1.807) is 24.3 Å². The lowest BCUT2D eigenvalue weighted by Gasteiger charge is -2.18. The van der Waals surface area contributed by atoms with Gasteiger partial charge in [0, 0.05) is 23.7 Å². The van der Waals surface area contributed by atoms with Crippen LogP contribution < -0.4 is 20.3 Å². The molecule has 1 saturated heterocycles. The van der Waals surface area contributed by atoms with Crippen molar-refractivity contribution >= 4 is 34.9 Å². The van der Waals surface area contributed by atoms with E-state index in [9.17, 15) is 14.0 Å². The molecule has 1 aliphatic heterocycles. The van der Waals surface area contributed by atoms with Crippen LogP contribution in [0.1, 0.15) is 6.42 Å². The third-order valence-electron chi connectivity index (χ3n) is 3.99. The highest BCUT2D eigenvalue weighted by molar-refractivity contribution is 6.31. The Balaban J connectivity index is 1.64. The minimum Gasteiger partial charge on any atom is -0.495 e. The number of rotatable bonds is 4. The van der Waals surface area contributed by atoms with Crippen LogP contribution >= 0.6 is 11.6 Å². The summed E-state index contributed by atoms with van der Waals surface area (Å²) in [7, 11) is 1.48. The monoisotopic (exact) mass is 377 g/mol. The second-order valence-electron chi connectivity index (χ2n) is 5.83. The normalized spacial score (nSPS) is 16.5. The number of carbonyl (C=O) groups is 2. The van der Waals surface area contributed by atoms with Gasteiger partial charge in [-0.2, -0.15) is 0 Å². The summed E-state index contributed by atoms with van der Waals surface area (Å²) in [5.41, 5.74) is 0.889. The molecule has 136 valence electrons. The van der Waals surface area contributed by atoms with Crippen LogP contribution in [0.2, 0.25) is 5.02 Å². The summed E-state index contributed by atoms with van der Waals surface area (Å²) >= 11 is 5.94. The fraction of sp³-hybridized carbons (Fsp3) is 0.222. The molecule has 0 radical (unpaired) electrons. The number of nitrogens with zero attached hydrogens (tertiary/aromatic N) is 1. The Kier molecular flexibility index (Phi) is 5.27. The molecule has 3 rings (SSSR count). The largest absolute Gasteiger partial charge is 0.495 e. The van der Waals surface area contributed by atoms with Crippen molar-refractivity contribution < 1.29 is 18.7 Å². The van der Waals surface area contributed by atoms with Gasteiger partial charge in [0.25, 0.3) is 0 Å². The van der Waals surface area contributed by atoms with Gasteiger partial charge in [0.05, 0.1) is 18.8 Å². The lowest BCUT2D eigenvalue weighted by Crippen LogP contribution is -2.39. The molecule has 0 bridgehead atoms. The molecule has 1 aliphatic rings. The van der Waals surface area contributed by atoms with Crippen LogP contribution in [0.25, 0.3) is 0 Å². The smallest absolute Gasteiger partial charge is 0.319 e. The van der Waals surface area contributed by atoms with Crippen molar-refractivity contribution in [1.82, 2.24) is 5.32 Å². The van der Waals surface area contributed by atoms with Crippen molar-refractivity contribution in [3.8, 4) is 5.75 Å². The summed E-state index contributed by atoms with van der Waals surface area (Å²) in [4.78, 5) is 25.9. The predicted molar refractivity (Wildman–Crippen MR) is 97.3 cm³/mol. The van der Waals surface area contributed by atoms with E-state index in [2.05, 4.69) is 10.6 Å². The van der Waals surface area contributed by atoms with Gasteiger partial charge in [0.2, 0.25) is 5.91 Å². The SMILES string of the molecule is COc1ccc(Cl)cc1NC(=O)N[C@H]1CC(=O)N(c2cccc(F)c2)C1. The molecule has 0 saturated carbocycles. The molecule has 0 aliphatic carbocycles. The van der Waals surface area contributed by atoms with Gasteiger partial charge < -0.3 is 20.3 Å². The van der Waals surface area contributed by atoms with Gasteiger partial charge in [-0.15, -0.1) is 0 Å². The van der Waals surface area contributed by atoms with Crippen LogP contribution in [0.15, 0.2) is 42.5 Å². The lowest BCUT2D eigenvalue weighted by molar-refractivity contribution is -0.117. The molecular formula is C18H17ClFN3O3. The van der Waals surface area contributed by atoms with Crippen molar-refractivity contribution in [2.45, 2.75) is 12.5 Å². The van der Waals surface area contributed by atoms with E-state index in [4.69, 9.17) is 16.3 Å². The second kappa shape index (κ2) is 7.61. The Morgan fingerprint density at radius 2 is 2.12 bits per heavy atom. The molecule has 2 aromatic rings. The number of halogens is 2. The minimum absolute atomic E-state index is 0.136. The molecule has 0 aromatic heterocycles. The van der Waals surface area contributed by atoms with Gasteiger partial charge >= 0.3 is 6.03 Å². The number of amides is 3. The Morgan fingerprint density at radius 3 is 2.85 bits per heavy atom. The van der Waals surface area contributed by atoms with Crippen molar-refractivity contribution in [3.05, 3.63) is 53.3 Å². The van der Waals surface area contributed by atoms with E-state index in [1.165, 1.54) is 30.2 Å². The highest BCUT2D eigenvalue weighted by Crippen LogP contribution is 2.28. The van der Waals surface area contributed by atoms with E-state index < -0.39 is 17.9 Å². The number of hydrogen-bond acceptors (Lipinski definition) is 3. The highest BCUT2D eigenvalue weighted by atomic mass is 35.5. The Bertz CT molecular complexity index is 846. The highest BCUT2D eigenvalue weighted by Gasteiger charge is 2.31. The standard InChI is InChI=1S/C18H17ClFN3O3/c1-26-16-6-5-11(19)7-15(16)22-18(25)21-13-9-17(24)23(10-13)14-4-2-3-12(20)8-14/h2-8,13H,9-10H2,1H3,(H2,21,22,25)/t13-/m0/s1. The number of carbonyl (C=O) groups excluding carboxylic acids is 2. The van der Waals surface area contributed by atoms with E-state index in [0.29, 0.717) is 22.1 Å². The third kappa shape index (κ3) is 4.05. The van der Waals surface area contributed by atoms with Gasteiger partial charge in [0.1, 0.15) is 11.6 Å². The van der Waals surface area contributed by atoms with Crippen LogP contribution in [0.5, 0.6) is 5.75 Å². The average molecular weight is 378 g/mol. The molecule has 1 fully saturated rings. The van der Waals surface area contributed by atoms with Crippen LogP contribution in [0.4, 0.5) is 20.6 Å². The minimum atomic E-state index is -0.482. The first kappa shape index (κ1) is 18.0. The lowest BCUT2D eigenvalue weighted by atomic mass is 10.2. The van der Waals surface area contributed by atoms with Gasteiger partial charge in [0.15, 0.2) is 0 Å². The number of urea groups is 1. The number of nitrogens with one attached hydrogen (secondary N) is 2. The van der Waals surface area contributed by atoms with Crippen LogP contribution in [-0.2, 0) is 4.79 Å².